The fourth-order valence-corrected chi connectivity index (χ4v) is 1.70. The highest BCUT2D eigenvalue weighted by Crippen LogP contribution is 2.15. The summed E-state index contributed by atoms with van der Waals surface area (Å²) in [5.41, 5.74) is 0.585. The molecule has 0 saturated heterocycles. The third-order valence-electron chi connectivity index (χ3n) is 2.49. The van der Waals surface area contributed by atoms with E-state index in [-0.39, 0.29) is 0 Å². The standard InChI is InChI=1S/C15H16N4O2/c1-15(2,3)21-14(20)17-13-8-9-19(18-13)12-7-5-4-6-11(12)10-16/h4-9H,1-3H3,(H,17,18,20). The van der Waals surface area contributed by atoms with Crippen LogP contribution in [0.25, 0.3) is 5.69 Å². The molecule has 0 aliphatic rings. The van der Waals surface area contributed by atoms with Gasteiger partial charge in [-0.1, -0.05) is 12.1 Å². The fraction of sp³-hybridized carbons (Fsp3) is 0.267. The molecule has 0 spiro atoms. The Hall–Kier alpha value is -2.81. The van der Waals surface area contributed by atoms with Gasteiger partial charge in [-0.3, -0.25) is 5.32 Å². The van der Waals surface area contributed by atoms with Crippen LogP contribution in [0.2, 0.25) is 0 Å². The lowest BCUT2D eigenvalue weighted by Crippen LogP contribution is -2.27. The van der Waals surface area contributed by atoms with E-state index in [2.05, 4.69) is 16.5 Å². The number of anilines is 1. The molecule has 0 fully saturated rings. The van der Waals surface area contributed by atoms with E-state index >= 15 is 0 Å². The van der Waals surface area contributed by atoms with Crippen molar-refractivity contribution in [2.45, 2.75) is 26.4 Å². The van der Waals surface area contributed by atoms with E-state index in [0.29, 0.717) is 17.1 Å². The number of ether oxygens (including phenoxy) is 1. The number of rotatable bonds is 2. The summed E-state index contributed by atoms with van der Waals surface area (Å²) >= 11 is 0. The van der Waals surface area contributed by atoms with Crippen molar-refractivity contribution in [1.82, 2.24) is 9.78 Å². The van der Waals surface area contributed by atoms with Crippen LogP contribution in [-0.2, 0) is 4.74 Å². The van der Waals surface area contributed by atoms with E-state index in [1.807, 2.05) is 6.07 Å². The zero-order chi connectivity index (χ0) is 15.5. The first kappa shape index (κ1) is 14.6. The minimum absolute atomic E-state index is 0.358. The number of para-hydroxylation sites is 1. The van der Waals surface area contributed by atoms with Crippen molar-refractivity contribution in [3.63, 3.8) is 0 Å². The number of nitrogens with one attached hydrogen (secondary N) is 1. The SMILES string of the molecule is CC(C)(C)OC(=O)Nc1ccn(-c2ccccc2C#N)n1. The molecule has 0 bridgehead atoms. The number of aromatic nitrogens is 2. The van der Waals surface area contributed by atoms with Crippen LogP contribution in [-0.4, -0.2) is 21.5 Å². The van der Waals surface area contributed by atoms with Crippen molar-refractivity contribution in [3.05, 3.63) is 42.1 Å². The maximum atomic E-state index is 11.7. The molecule has 0 radical (unpaired) electrons. The summed E-state index contributed by atoms with van der Waals surface area (Å²) < 4.78 is 6.68. The molecule has 1 heterocycles. The Morgan fingerprint density at radius 1 is 1.33 bits per heavy atom. The predicted octanol–water partition coefficient (Wildman–Crippen LogP) is 3.09. The van der Waals surface area contributed by atoms with E-state index in [1.165, 1.54) is 4.68 Å². The van der Waals surface area contributed by atoms with Gasteiger partial charge in [0, 0.05) is 12.3 Å². The molecule has 108 valence electrons. The maximum absolute atomic E-state index is 11.7. The minimum Gasteiger partial charge on any atom is -0.444 e. The fourth-order valence-electron chi connectivity index (χ4n) is 1.70. The Balaban J connectivity index is 2.16. The molecule has 2 rings (SSSR count). The number of hydrogen-bond donors (Lipinski definition) is 1. The first-order chi connectivity index (χ1) is 9.89. The van der Waals surface area contributed by atoms with Gasteiger partial charge in [0.2, 0.25) is 0 Å². The van der Waals surface area contributed by atoms with Gasteiger partial charge in [0.25, 0.3) is 0 Å². The zero-order valence-electron chi connectivity index (χ0n) is 12.1. The van der Waals surface area contributed by atoms with Gasteiger partial charge in [-0.25, -0.2) is 9.48 Å². The molecular weight excluding hydrogens is 268 g/mol. The number of carbonyl (C=O) groups is 1. The second-order valence-corrected chi connectivity index (χ2v) is 5.40. The third-order valence-corrected chi connectivity index (χ3v) is 2.49. The van der Waals surface area contributed by atoms with Crippen LogP contribution in [0.3, 0.4) is 0 Å². The Morgan fingerprint density at radius 3 is 2.71 bits per heavy atom. The van der Waals surface area contributed by atoms with Gasteiger partial charge in [-0.15, -0.1) is 5.10 Å². The molecule has 0 saturated carbocycles. The summed E-state index contributed by atoms with van der Waals surface area (Å²) in [5.74, 6) is 0.358. The van der Waals surface area contributed by atoms with Crippen molar-refractivity contribution in [3.8, 4) is 11.8 Å². The number of benzene rings is 1. The second-order valence-electron chi connectivity index (χ2n) is 5.40. The highest BCUT2D eigenvalue weighted by Gasteiger charge is 2.17. The van der Waals surface area contributed by atoms with Crippen LogP contribution in [0.4, 0.5) is 10.6 Å². The molecule has 21 heavy (non-hydrogen) atoms. The summed E-state index contributed by atoms with van der Waals surface area (Å²) in [5, 5.41) is 15.8. The van der Waals surface area contributed by atoms with Gasteiger partial charge in [0.15, 0.2) is 5.82 Å². The van der Waals surface area contributed by atoms with Gasteiger partial charge in [0.05, 0.1) is 11.3 Å². The normalized spacial score (nSPS) is 10.8. The van der Waals surface area contributed by atoms with Crippen LogP contribution in [0.5, 0.6) is 0 Å². The molecule has 1 N–H and O–H groups in total. The molecule has 0 atom stereocenters. The molecule has 1 aromatic heterocycles. The average Bonchev–Trinajstić information content (AvgIpc) is 2.84. The smallest absolute Gasteiger partial charge is 0.413 e. The van der Waals surface area contributed by atoms with Gasteiger partial charge < -0.3 is 4.74 Å². The molecule has 0 aliphatic carbocycles. The van der Waals surface area contributed by atoms with Crippen LogP contribution in [0, 0.1) is 11.3 Å². The van der Waals surface area contributed by atoms with Gasteiger partial charge in [0.1, 0.15) is 11.7 Å². The number of hydrogen-bond acceptors (Lipinski definition) is 4. The quantitative estimate of drug-likeness (QED) is 0.919. The molecule has 0 aliphatic heterocycles. The topological polar surface area (TPSA) is 79.9 Å². The Labute approximate surface area is 123 Å². The number of nitriles is 1. The van der Waals surface area contributed by atoms with E-state index in [4.69, 9.17) is 10.00 Å². The first-order valence-corrected chi connectivity index (χ1v) is 6.44. The number of nitrogens with zero attached hydrogens (tertiary/aromatic N) is 3. The monoisotopic (exact) mass is 284 g/mol. The van der Waals surface area contributed by atoms with Crippen molar-refractivity contribution in [2.24, 2.45) is 0 Å². The lowest BCUT2D eigenvalue weighted by Gasteiger charge is -2.19. The van der Waals surface area contributed by atoms with Crippen LogP contribution >= 0.6 is 0 Å². The van der Waals surface area contributed by atoms with Crippen molar-refractivity contribution >= 4 is 11.9 Å². The molecule has 0 unspecified atom stereocenters. The minimum atomic E-state index is -0.569. The number of carbonyl (C=O) groups excluding carboxylic acids is 1. The largest absolute Gasteiger partial charge is 0.444 e. The molecule has 1 aromatic carbocycles. The van der Waals surface area contributed by atoms with E-state index < -0.39 is 11.7 Å². The van der Waals surface area contributed by atoms with Crippen LogP contribution < -0.4 is 5.32 Å². The summed E-state index contributed by atoms with van der Waals surface area (Å²) in [7, 11) is 0. The summed E-state index contributed by atoms with van der Waals surface area (Å²) in [6.07, 6.45) is 1.10. The maximum Gasteiger partial charge on any atom is 0.413 e. The summed E-state index contributed by atoms with van der Waals surface area (Å²) in [6, 6.07) is 10.8. The molecule has 6 heteroatoms. The average molecular weight is 284 g/mol. The molecular formula is C15H16N4O2. The Kier molecular flexibility index (Phi) is 3.94. The summed E-state index contributed by atoms with van der Waals surface area (Å²) in [4.78, 5) is 11.7. The van der Waals surface area contributed by atoms with Crippen LogP contribution in [0.1, 0.15) is 26.3 Å². The Bertz CT molecular complexity index is 692. The second kappa shape index (κ2) is 5.67. The van der Waals surface area contributed by atoms with Crippen molar-refractivity contribution in [1.29, 1.82) is 5.26 Å². The lowest BCUT2D eigenvalue weighted by atomic mass is 10.2. The van der Waals surface area contributed by atoms with Crippen molar-refractivity contribution in [2.75, 3.05) is 5.32 Å². The predicted molar refractivity (Wildman–Crippen MR) is 78.1 cm³/mol. The zero-order valence-corrected chi connectivity index (χ0v) is 12.1. The van der Waals surface area contributed by atoms with E-state index in [1.54, 1.807) is 51.2 Å². The van der Waals surface area contributed by atoms with Crippen LogP contribution in [0.15, 0.2) is 36.5 Å². The Morgan fingerprint density at radius 2 is 2.05 bits per heavy atom. The van der Waals surface area contributed by atoms with Gasteiger partial charge in [-0.2, -0.15) is 5.26 Å². The molecule has 1 amide bonds. The molecule has 6 nitrogen and oxygen atoms in total. The highest BCUT2D eigenvalue weighted by atomic mass is 16.6. The van der Waals surface area contributed by atoms with Crippen molar-refractivity contribution < 1.29 is 9.53 Å². The first-order valence-electron chi connectivity index (χ1n) is 6.44. The van der Waals surface area contributed by atoms with E-state index in [9.17, 15) is 4.79 Å². The third kappa shape index (κ3) is 3.83. The van der Waals surface area contributed by atoms with Gasteiger partial charge in [-0.05, 0) is 32.9 Å². The molecule has 2 aromatic rings. The van der Waals surface area contributed by atoms with E-state index in [0.717, 1.165) is 0 Å². The highest BCUT2D eigenvalue weighted by molar-refractivity contribution is 5.83. The van der Waals surface area contributed by atoms with Gasteiger partial charge >= 0.3 is 6.09 Å². The lowest BCUT2D eigenvalue weighted by molar-refractivity contribution is 0.0635. The summed E-state index contributed by atoms with van der Waals surface area (Å²) in [6.45, 7) is 5.36. The number of amides is 1.